The number of nitrogens with zero attached hydrogens (tertiary/aromatic N) is 4. The highest BCUT2D eigenvalue weighted by Crippen LogP contribution is 2.12. The van der Waals surface area contributed by atoms with E-state index in [1.807, 2.05) is 4.90 Å². The molecule has 0 unspecified atom stereocenters. The molecule has 0 radical (unpaired) electrons. The second-order valence-corrected chi connectivity index (χ2v) is 9.77. The van der Waals surface area contributed by atoms with E-state index in [1.54, 1.807) is 11.2 Å². The summed E-state index contributed by atoms with van der Waals surface area (Å²) in [7, 11) is -3.23. The van der Waals surface area contributed by atoms with Gasteiger partial charge >= 0.3 is 0 Å². The van der Waals surface area contributed by atoms with Crippen molar-refractivity contribution in [2.75, 3.05) is 77.7 Å². The molecule has 3 rings (SSSR count). The number of rotatable bonds is 6. The molecular formula is C17H33N5O3S. The van der Waals surface area contributed by atoms with Crippen molar-refractivity contribution in [3.8, 4) is 0 Å². The molecule has 0 bridgehead atoms. The van der Waals surface area contributed by atoms with E-state index in [-0.39, 0.29) is 17.7 Å². The number of carbonyl (C=O) groups is 1. The lowest BCUT2D eigenvalue weighted by Crippen LogP contribution is -2.57. The van der Waals surface area contributed by atoms with Crippen molar-refractivity contribution in [3.05, 3.63) is 0 Å². The summed E-state index contributed by atoms with van der Waals surface area (Å²) in [6, 6.07) is 0.232. The van der Waals surface area contributed by atoms with E-state index in [0.717, 1.165) is 39.3 Å². The maximum absolute atomic E-state index is 12.8. The van der Waals surface area contributed by atoms with Gasteiger partial charge in [-0.2, -0.15) is 4.31 Å². The molecular weight excluding hydrogens is 354 g/mol. The number of hydrogen-bond acceptors (Lipinski definition) is 6. The van der Waals surface area contributed by atoms with Gasteiger partial charge in [-0.3, -0.25) is 9.69 Å². The van der Waals surface area contributed by atoms with E-state index in [0.29, 0.717) is 32.7 Å². The van der Waals surface area contributed by atoms with Crippen molar-refractivity contribution in [1.29, 1.82) is 0 Å². The number of nitrogens with one attached hydrogen (secondary N) is 1. The highest BCUT2D eigenvalue weighted by atomic mass is 32.2. The average Bonchev–Trinajstić information content (AvgIpc) is 3.13. The van der Waals surface area contributed by atoms with Crippen LogP contribution in [-0.2, 0) is 14.8 Å². The first-order valence-corrected chi connectivity index (χ1v) is 11.5. The Labute approximate surface area is 157 Å². The van der Waals surface area contributed by atoms with Gasteiger partial charge in [0.1, 0.15) is 0 Å². The standard InChI is InChI=1S/C17H33N5O3S/c1-16(23)21-10-8-19(9-11-21)12-13-26(24,25)22-7-4-18-17(15-22)14-20-5-2-3-6-20/h17-18H,2-15H2,1H3/t17-/m0/s1. The Morgan fingerprint density at radius 1 is 1.00 bits per heavy atom. The van der Waals surface area contributed by atoms with E-state index >= 15 is 0 Å². The fourth-order valence-electron chi connectivity index (χ4n) is 4.11. The number of amides is 1. The molecule has 0 aromatic carbocycles. The van der Waals surface area contributed by atoms with Crippen LogP contribution in [0.25, 0.3) is 0 Å². The van der Waals surface area contributed by atoms with Crippen molar-refractivity contribution in [2.24, 2.45) is 0 Å². The zero-order chi connectivity index (χ0) is 18.6. The Bertz CT molecular complexity index is 571. The fourth-order valence-corrected chi connectivity index (χ4v) is 5.63. The number of hydrogen-bond donors (Lipinski definition) is 1. The maximum atomic E-state index is 12.8. The Morgan fingerprint density at radius 3 is 2.35 bits per heavy atom. The summed E-state index contributed by atoms with van der Waals surface area (Å²) in [6.07, 6.45) is 2.51. The minimum atomic E-state index is -3.23. The quantitative estimate of drug-likeness (QED) is 0.620. The van der Waals surface area contributed by atoms with E-state index < -0.39 is 10.0 Å². The van der Waals surface area contributed by atoms with Gasteiger partial charge in [-0.1, -0.05) is 0 Å². The number of carbonyl (C=O) groups excluding carboxylic acids is 1. The molecule has 0 spiro atoms. The fraction of sp³-hybridized carbons (Fsp3) is 0.941. The van der Waals surface area contributed by atoms with Crippen molar-refractivity contribution >= 4 is 15.9 Å². The molecule has 0 saturated carbocycles. The van der Waals surface area contributed by atoms with Crippen LogP contribution in [0.3, 0.4) is 0 Å². The van der Waals surface area contributed by atoms with E-state index in [1.165, 1.54) is 12.8 Å². The van der Waals surface area contributed by atoms with Crippen LogP contribution < -0.4 is 5.32 Å². The Morgan fingerprint density at radius 2 is 1.69 bits per heavy atom. The molecule has 26 heavy (non-hydrogen) atoms. The summed E-state index contributed by atoms with van der Waals surface area (Å²) < 4.78 is 27.2. The van der Waals surface area contributed by atoms with Gasteiger partial charge in [0.2, 0.25) is 15.9 Å². The van der Waals surface area contributed by atoms with Crippen molar-refractivity contribution in [1.82, 2.24) is 24.3 Å². The van der Waals surface area contributed by atoms with Crippen LogP contribution in [0.2, 0.25) is 0 Å². The Balaban J connectivity index is 1.44. The normalized spacial score (nSPS) is 27.1. The first kappa shape index (κ1) is 20.0. The summed E-state index contributed by atoms with van der Waals surface area (Å²) in [5, 5.41) is 3.47. The predicted molar refractivity (Wildman–Crippen MR) is 102 cm³/mol. The SMILES string of the molecule is CC(=O)N1CCN(CCS(=O)(=O)N2CCN[C@@H](CN3CCCC3)C2)CC1. The second-order valence-electron chi connectivity index (χ2n) is 7.68. The smallest absolute Gasteiger partial charge is 0.219 e. The van der Waals surface area contributed by atoms with Gasteiger partial charge in [0, 0.05) is 71.9 Å². The lowest BCUT2D eigenvalue weighted by molar-refractivity contribution is -0.130. The molecule has 1 amide bonds. The molecule has 3 fully saturated rings. The van der Waals surface area contributed by atoms with Crippen LogP contribution in [0.5, 0.6) is 0 Å². The van der Waals surface area contributed by atoms with Gasteiger partial charge in [-0.15, -0.1) is 0 Å². The number of piperazine rings is 2. The monoisotopic (exact) mass is 387 g/mol. The second kappa shape index (κ2) is 8.97. The molecule has 0 aromatic rings. The minimum absolute atomic E-state index is 0.0992. The molecule has 1 atom stereocenters. The van der Waals surface area contributed by atoms with E-state index in [4.69, 9.17) is 0 Å². The molecule has 3 heterocycles. The van der Waals surface area contributed by atoms with Crippen molar-refractivity contribution in [3.63, 3.8) is 0 Å². The third-order valence-corrected chi connectivity index (χ3v) is 7.59. The van der Waals surface area contributed by atoms with Gasteiger partial charge in [0.15, 0.2) is 0 Å². The first-order valence-electron chi connectivity index (χ1n) is 9.85. The highest BCUT2D eigenvalue weighted by Gasteiger charge is 2.30. The van der Waals surface area contributed by atoms with E-state index in [9.17, 15) is 13.2 Å². The molecule has 8 nitrogen and oxygen atoms in total. The largest absolute Gasteiger partial charge is 0.340 e. The van der Waals surface area contributed by atoms with Crippen LogP contribution >= 0.6 is 0 Å². The maximum Gasteiger partial charge on any atom is 0.219 e. The lowest BCUT2D eigenvalue weighted by atomic mass is 10.2. The predicted octanol–water partition coefficient (Wildman–Crippen LogP) is -1.15. The summed E-state index contributed by atoms with van der Waals surface area (Å²) >= 11 is 0. The molecule has 3 aliphatic rings. The Kier molecular flexibility index (Phi) is 6.90. The highest BCUT2D eigenvalue weighted by molar-refractivity contribution is 7.89. The molecule has 150 valence electrons. The minimum Gasteiger partial charge on any atom is -0.340 e. The molecule has 3 aliphatic heterocycles. The zero-order valence-electron chi connectivity index (χ0n) is 15.9. The number of sulfonamides is 1. The first-order chi connectivity index (χ1) is 12.4. The van der Waals surface area contributed by atoms with Crippen LogP contribution in [-0.4, -0.2) is 117 Å². The van der Waals surface area contributed by atoms with Crippen molar-refractivity contribution < 1.29 is 13.2 Å². The van der Waals surface area contributed by atoms with Crippen molar-refractivity contribution in [2.45, 2.75) is 25.8 Å². The van der Waals surface area contributed by atoms with Gasteiger partial charge in [-0.25, -0.2) is 8.42 Å². The van der Waals surface area contributed by atoms with Gasteiger partial charge in [0.25, 0.3) is 0 Å². The van der Waals surface area contributed by atoms with Gasteiger partial charge in [0.05, 0.1) is 5.75 Å². The van der Waals surface area contributed by atoms with Crippen LogP contribution in [0.15, 0.2) is 0 Å². The topological polar surface area (TPSA) is 76.2 Å². The van der Waals surface area contributed by atoms with E-state index in [2.05, 4.69) is 15.1 Å². The van der Waals surface area contributed by atoms with Gasteiger partial charge in [-0.05, 0) is 25.9 Å². The third kappa shape index (κ3) is 5.39. The molecule has 0 aliphatic carbocycles. The molecule has 1 N–H and O–H groups in total. The molecule has 0 aromatic heterocycles. The van der Waals surface area contributed by atoms with Crippen LogP contribution in [0, 0.1) is 0 Å². The van der Waals surface area contributed by atoms with Crippen LogP contribution in [0.1, 0.15) is 19.8 Å². The molecule has 9 heteroatoms. The summed E-state index contributed by atoms with van der Waals surface area (Å²) in [5.74, 6) is 0.269. The third-order valence-electron chi connectivity index (χ3n) is 5.77. The molecule has 3 saturated heterocycles. The summed E-state index contributed by atoms with van der Waals surface area (Å²) in [4.78, 5) is 17.8. The lowest BCUT2D eigenvalue weighted by Gasteiger charge is -2.36. The average molecular weight is 388 g/mol. The Hall–Kier alpha value is -0.740. The van der Waals surface area contributed by atoms with Gasteiger partial charge < -0.3 is 15.1 Å². The number of likely N-dealkylation sites (tertiary alicyclic amines) is 1. The summed E-state index contributed by atoms with van der Waals surface area (Å²) in [6.45, 7) is 10.1. The van der Waals surface area contributed by atoms with Crippen LogP contribution in [0.4, 0.5) is 0 Å². The summed E-state index contributed by atoms with van der Waals surface area (Å²) in [5.41, 5.74) is 0. The zero-order valence-corrected chi connectivity index (χ0v) is 16.7.